The maximum Gasteiger partial charge on any atom is 0.133 e. The summed E-state index contributed by atoms with van der Waals surface area (Å²) in [6.45, 7) is 1.92. The van der Waals surface area contributed by atoms with E-state index in [1.807, 2.05) is 37.3 Å². The summed E-state index contributed by atoms with van der Waals surface area (Å²) in [7, 11) is -0.828. The summed E-state index contributed by atoms with van der Waals surface area (Å²) in [6, 6.07) is 9.74. The van der Waals surface area contributed by atoms with E-state index in [1.165, 1.54) is 6.33 Å². The lowest BCUT2D eigenvalue weighted by Crippen LogP contribution is -1.97. The molecule has 1 aromatic carbocycles. The highest BCUT2D eigenvalue weighted by Gasteiger charge is 2.00. The highest BCUT2D eigenvalue weighted by Crippen LogP contribution is 2.16. The van der Waals surface area contributed by atoms with Crippen molar-refractivity contribution in [3.05, 3.63) is 47.9 Å². The van der Waals surface area contributed by atoms with Crippen molar-refractivity contribution < 1.29 is 4.21 Å². The van der Waals surface area contributed by atoms with Crippen molar-refractivity contribution in [2.24, 2.45) is 0 Å². The first kappa shape index (κ1) is 12.7. The van der Waals surface area contributed by atoms with Crippen molar-refractivity contribution in [2.75, 3.05) is 11.6 Å². The van der Waals surface area contributed by atoms with Crippen molar-refractivity contribution in [1.29, 1.82) is 0 Å². The number of benzene rings is 1. The average Bonchev–Trinajstić information content (AvgIpc) is 2.28. The zero-order valence-electron chi connectivity index (χ0n) is 10.4. The molecule has 1 N–H and O–H groups in total. The van der Waals surface area contributed by atoms with Gasteiger partial charge in [-0.1, -0.05) is 12.1 Å². The quantitative estimate of drug-likeness (QED) is 0.918. The summed E-state index contributed by atoms with van der Waals surface area (Å²) < 4.78 is 11.2. The van der Waals surface area contributed by atoms with E-state index >= 15 is 0 Å². The van der Waals surface area contributed by atoms with Crippen LogP contribution < -0.4 is 5.32 Å². The van der Waals surface area contributed by atoms with Crippen LogP contribution in [0.3, 0.4) is 0 Å². The zero-order chi connectivity index (χ0) is 13.0. The number of hydrogen-bond acceptors (Lipinski definition) is 4. The van der Waals surface area contributed by atoms with Gasteiger partial charge in [0.15, 0.2) is 0 Å². The third-order valence-corrected chi connectivity index (χ3v) is 3.11. The summed E-state index contributed by atoms with van der Waals surface area (Å²) in [5, 5.41) is 3.21. The van der Waals surface area contributed by atoms with Gasteiger partial charge in [0.2, 0.25) is 0 Å². The highest BCUT2D eigenvalue weighted by atomic mass is 32.2. The van der Waals surface area contributed by atoms with Gasteiger partial charge in [-0.25, -0.2) is 9.97 Å². The number of aromatic nitrogens is 2. The number of hydrogen-bond donors (Lipinski definition) is 1. The second-order valence-electron chi connectivity index (χ2n) is 4.09. The third kappa shape index (κ3) is 3.63. The monoisotopic (exact) mass is 261 g/mol. The Bertz CT molecular complexity index is 572. The summed E-state index contributed by atoms with van der Waals surface area (Å²) in [4.78, 5) is 8.19. The maximum atomic E-state index is 11.2. The fraction of sp³-hybridized carbons (Fsp3) is 0.231. The summed E-state index contributed by atoms with van der Waals surface area (Å²) in [5.74, 6) is 1.33. The van der Waals surface area contributed by atoms with E-state index in [0.717, 1.165) is 22.8 Å². The fourth-order valence-electron chi connectivity index (χ4n) is 1.64. The Labute approximate surface area is 109 Å². The molecule has 0 radical (unpaired) electrons. The van der Waals surface area contributed by atoms with Gasteiger partial charge in [0.25, 0.3) is 0 Å². The molecule has 2 aromatic rings. The minimum Gasteiger partial charge on any atom is -0.340 e. The van der Waals surface area contributed by atoms with Crippen LogP contribution in [0.4, 0.5) is 11.5 Å². The molecule has 1 heterocycles. The van der Waals surface area contributed by atoms with Crippen molar-refractivity contribution in [1.82, 2.24) is 9.97 Å². The first-order chi connectivity index (χ1) is 8.63. The van der Waals surface area contributed by atoms with Gasteiger partial charge < -0.3 is 5.32 Å². The van der Waals surface area contributed by atoms with Gasteiger partial charge in [-0.15, -0.1) is 0 Å². The van der Waals surface area contributed by atoms with Gasteiger partial charge in [0, 0.05) is 40.3 Å². The molecule has 18 heavy (non-hydrogen) atoms. The van der Waals surface area contributed by atoms with E-state index in [9.17, 15) is 4.21 Å². The van der Waals surface area contributed by atoms with Crippen molar-refractivity contribution in [3.8, 4) is 0 Å². The first-order valence-corrected chi connectivity index (χ1v) is 7.31. The Morgan fingerprint density at radius 1 is 1.28 bits per heavy atom. The average molecular weight is 261 g/mol. The zero-order valence-corrected chi connectivity index (χ0v) is 11.2. The summed E-state index contributed by atoms with van der Waals surface area (Å²) >= 11 is 0. The molecule has 0 saturated carbocycles. The molecule has 0 aliphatic carbocycles. The maximum absolute atomic E-state index is 11.2. The molecule has 0 saturated heterocycles. The van der Waals surface area contributed by atoms with Crippen LogP contribution in [0, 0.1) is 6.92 Å². The normalized spacial score (nSPS) is 12.1. The molecule has 0 fully saturated rings. The number of aryl methyl sites for hydroxylation is 1. The SMILES string of the molecule is Cc1cc(Nc2cccc(CS(C)=O)c2)ncn1. The van der Waals surface area contributed by atoms with Crippen LogP contribution in [0.1, 0.15) is 11.3 Å². The van der Waals surface area contributed by atoms with E-state index < -0.39 is 10.8 Å². The van der Waals surface area contributed by atoms with Crippen molar-refractivity contribution in [2.45, 2.75) is 12.7 Å². The van der Waals surface area contributed by atoms with Gasteiger partial charge in [0.05, 0.1) is 0 Å². The molecular weight excluding hydrogens is 246 g/mol. The van der Waals surface area contributed by atoms with Crippen LogP contribution in [0.2, 0.25) is 0 Å². The molecule has 1 atom stereocenters. The molecule has 0 spiro atoms. The Kier molecular flexibility index (Phi) is 4.04. The van der Waals surface area contributed by atoms with Crippen LogP contribution in [-0.2, 0) is 16.6 Å². The second kappa shape index (κ2) is 5.73. The number of rotatable bonds is 4. The molecule has 5 heteroatoms. The van der Waals surface area contributed by atoms with Crippen LogP contribution in [0.5, 0.6) is 0 Å². The molecule has 0 amide bonds. The van der Waals surface area contributed by atoms with Crippen LogP contribution in [0.25, 0.3) is 0 Å². The number of anilines is 2. The minimum absolute atomic E-state index is 0.568. The number of nitrogens with one attached hydrogen (secondary N) is 1. The predicted octanol–water partition coefficient (Wildman–Crippen LogP) is 2.41. The topological polar surface area (TPSA) is 54.9 Å². The number of nitrogens with zero attached hydrogens (tertiary/aromatic N) is 2. The molecule has 1 unspecified atom stereocenters. The molecule has 0 aliphatic heterocycles. The Balaban J connectivity index is 2.16. The van der Waals surface area contributed by atoms with Gasteiger partial charge >= 0.3 is 0 Å². The van der Waals surface area contributed by atoms with Gasteiger partial charge in [-0.05, 0) is 24.6 Å². The van der Waals surface area contributed by atoms with E-state index in [0.29, 0.717) is 5.75 Å². The Morgan fingerprint density at radius 3 is 2.83 bits per heavy atom. The lowest BCUT2D eigenvalue weighted by molar-refractivity contribution is 0.686. The molecule has 0 aliphatic rings. The van der Waals surface area contributed by atoms with Crippen LogP contribution >= 0.6 is 0 Å². The van der Waals surface area contributed by atoms with Gasteiger partial charge in [0.1, 0.15) is 12.1 Å². The fourth-order valence-corrected chi connectivity index (χ4v) is 2.29. The summed E-state index contributed by atoms with van der Waals surface area (Å²) in [6.07, 6.45) is 3.23. The lowest BCUT2D eigenvalue weighted by atomic mass is 10.2. The summed E-state index contributed by atoms with van der Waals surface area (Å²) in [5.41, 5.74) is 2.90. The predicted molar refractivity (Wildman–Crippen MR) is 74.3 cm³/mol. The Hall–Kier alpha value is -1.75. The Morgan fingerprint density at radius 2 is 2.11 bits per heavy atom. The highest BCUT2D eigenvalue weighted by molar-refractivity contribution is 7.83. The molecule has 2 rings (SSSR count). The largest absolute Gasteiger partial charge is 0.340 e. The van der Waals surface area contributed by atoms with Gasteiger partial charge in [-0.2, -0.15) is 0 Å². The first-order valence-electron chi connectivity index (χ1n) is 5.58. The van der Waals surface area contributed by atoms with Crippen molar-refractivity contribution >= 4 is 22.3 Å². The van der Waals surface area contributed by atoms with Crippen LogP contribution in [-0.4, -0.2) is 20.4 Å². The van der Waals surface area contributed by atoms with Gasteiger partial charge in [-0.3, -0.25) is 4.21 Å². The molecule has 1 aromatic heterocycles. The standard InChI is InChI=1S/C13H15N3OS/c1-10-6-13(15-9-14-10)16-12-5-3-4-11(7-12)8-18(2)17/h3-7,9H,8H2,1-2H3,(H,14,15,16). The molecular formula is C13H15N3OS. The van der Waals surface area contributed by atoms with E-state index in [-0.39, 0.29) is 0 Å². The smallest absolute Gasteiger partial charge is 0.133 e. The third-order valence-electron chi connectivity index (χ3n) is 2.37. The van der Waals surface area contributed by atoms with E-state index in [4.69, 9.17) is 0 Å². The van der Waals surface area contributed by atoms with E-state index in [2.05, 4.69) is 15.3 Å². The molecule has 94 valence electrons. The van der Waals surface area contributed by atoms with Crippen molar-refractivity contribution in [3.63, 3.8) is 0 Å². The second-order valence-corrected chi connectivity index (χ2v) is 5.52. The minimum atomic E-state index is -0.828. The molecule has 0 bridgehead atoms. The van der Waals surface area contributed by atoms with Crippen LogP contribution in [0.15, 0.2) is 36.7 Å². The van der Waals surface area contributed by atoms with E-state index in [1.54, 1.807) is 6.26 Å². The lowest BCUT2D eigenvalue weighted by Gasteiger charge is -2.07. The molecule has 4 nitrogen and oxygen atoms in total.